The lowest BCUT2D eigenvalue weighted by Crippen LogP contribution is -2.52. The van der Waals surface area contributed by atoms with Gasteiger partial charge in [0.15, 0.2) is 10.9 Å². The Balaban J connectivity index is 1.63. The van der Waals surface area contributed by atoms with E-state index in [2.05, 4.69) is 30.0 Å². The first-order valence-corrected chi connectivity index (χ1v) is 10.4. The molecule has 0 aliphatic heterocycles. The predicted molar refractivity (Wildman–Crippen MR) is 119 cm³/mol. The van der Waals surface area contributed by atoms with E-state index < -0.39 is 5.91 Å². The van der Waals surface area contributed by atoms with E-state index in [4.69, 9.17) is 12.2 Å². The predicted octanol–water partition coefficient (Wildman–Crippen LogP) is 3.85. The summed E-state index contributed by atoms with van der Waals surface area (Å²) in [6, 6.07) is 16.0. The molecule has 0 unspecified atom stereocenters. The second-order valence-corrected chi connectivity index (χ2v) is 8.08. The third kappa shape index (κ3) is 5.21. The molecule has 6 heteroatoms. The molecule has 3 atom stereocenters. The largest absolute Gasteiger partial charge is 0.358 e. The van der Waals surface area contributed by atoms with E-state index in [0.717, 1.165) is 6.42 Å². The lowest BCUT2D eigenvalue weighted by molar-refractivity contribution is 0.0932. The first kappa shape index (κ1) is 21.0. The molecule has 2 aromatic rings. The summed E-state index contributed by atoms with van der Waals surface area (Å²) in [7, 11) is 0. The Labute approximate surface area is 177 Å². The summed E-state index contributed by atoms with van der Waals surface area (Å²) in [4.78, 5) is 25.5. The van der Waals surface area contributed by atoms with Gasteiger partial charge in [0.05, 0.1) is 5.56 Å². The van der Waals surface area contributed by atoms with Crippen molar-refractivity contribution < 1.29 is 9.59 Å². The molecule has 152 valence electrons. The van der Waals surface area contributed by atoms with Crippen molar-refractivity contribution in [3.8, 4) is 0 Å². The number of benzene rings is 2. The van der Waals surface area contributed by atoms with Gasteiger partial charge in [-0.3, -0.25) is 20.4 Å². The molecule has 1 amide bonds. The zero-order valence-corrected chi connectivity index (χ0v) is 17.6. The molecule has 3 rings (SSSR count). The minimum atomic E-state index is -0.404. The van der Waals surface area contributed by atoms with E-state index in [-0.39, 0.29) is 5.78 Å². The molecule has 2 aromatic carbocycles. The first-order chi connectivity index (χ1) is 14.0. The van der Waals surface area contributed by atoms with Crippen molar-refractivity contribution in [2.45, 2.75) is 39.2 Å². The van der Waals surface area contributed by atoms with E-state index in [1.165, 1.54) is 12.8 Å². The number of carbonyl (C=O) groups excluding carboxylic acids is 2. The standard InChI is InChI=1S/C23H27N3O2S/c1-15-9-8-14-20(16(15)2)24-23(29)26-25-22(28)19-13-7-6-12-18(19)21(27)17-10-4-3-5-11-17/h3-7,10-13,15-16,20H,8-9,14H2,1-2H3,(H,25,28)(H2,24,26,29)/t15-,16+,20+/m0/s1. The number of nitrogens with one attached hydrogen (secondary N) is 3. The van der Waals surface area contributed by atoms with Crippen LogP contribution in [0.5, 0.6) is 0 Å². The maximum absolute atomic E-state index is 12.8. The molecule has 1 fully saturated rings. The summed E-state index contributed by atoms with van der Waals surface area (Å²) >= 11 is 5.35. The fraction of sp³-hybridized carbons (Fsp3) is 0.348. The van der Waals surface area contributed by atoms with Crippen LogP contribution in [0, 0.1) is 11.8 Å². The molecule has 1 aliphatic carbocycles. The summed E-state index contributed by atoms with van der Waals surface area (Å²) in [5, 5.41) is 3.69. The van der Waals surface area contributed by atoms with Crippen molar-refractivity contribution in [3.05, 3.63) is 71.3 Å². The van der Waals surface area contributed by atoms with Crippen molar-refractivity contribution in [1.82, 2.24) is 16.2 Å². The van der Waals surface area contributed by atoms with Gasteiger partial charge in [0.25, 0.3) is 5.91 Å². The zero-order valence-electron chi connectivity index (χ0n) is 16.8. The molecule has 0 heterocycles. The average Bonchev–Trinajstić information content (AvgIpc) is 2.75. The van der Waals surface area contributed by atoms with Gasteiger partial charge in [-0.05, 0) is 36.5 Å². The zero-order chi connectivity index (χ0) is 20.8. The van der Waals surface area contributed by atoms with Gasteiger partial charge in [-0.15, -0.1) is 0 Å². The van der Waals surface area contributed by atoms with E-state index in [9.17, 15) is 9.59 Å². The fourth-order valence-electron chi connectivity index (χ4n) is 3.80. The Morgan fingerprint density at radius 2 is 1.55 bits per heavy atom. The topological polar surface area (TPSA) is 70.2 Å². The maximum Gasteiger partial charge on any atom is 0.270 e. The summed E-state index contributed by atoms with van der Waals surface area (Å²) < 4.78 is 0. The number of hydrogen-bond donors (Lipinski definition) is 3. The third-order valence-corrected chi connectivity index (χ3v) is 5.99. The van der Waals surface area contributed by atoms with Gasteiger partial charge in [-0.1, -0.05) is 75.2 Å². The van der Waals surface area contributed by atoms with Crippen LogP contribution in [0.1, 0.15) is 59.4 Å². The van der Waals surface area contributed by atoms with Crippen molar-refractivity contribution in [2.24, 2.45) is 11.8 Å². The van der Waals surface area contributed by atoms with Crippen LogP contribution in [0.2, 0.25) is 0 Å². The number of hydrazine groups is 1. The van der Waals surface area contributed by atoms with Gasteiger partial charge in [-0.2, -0.15) is 0 Å². The number of rotatable bonds is 4. The van der Waals surface area contributed by atoms with Gasteiger partial charge in [0, 0.05) is 17.2 Å². The smallest absolute Gasteiger partial charge is 0.270 e. The van der Waals surface area contributed by atoms with E-state index in [1.54, 1.807) is 48.5 Å². The highest BCUT2D eigenvalue weighted by Crippen LogP contribution is 2.29. The minimum Gasteiger partial charge on any atom is -0.358 e. The molecule has 1 aliphatic rings. The second-order valence-electron chi connectivity index (χ2n) is 7.67. The molecular weight excluding hydrogens is 382 g/mol. The van der Waals surface area contributed by atoms with Crippen molar-refractivity contribution >= 4 is 29.0 Å². The van der Waals surface area contributed by atoms with Crippen LogP contribution in [0.25, 0.3) is 0 Å². The average molecular weight is 410 g/mol. The molecular formula is C23H27N3O2S. The molecule has 0 radical (unpaired) electrons. The Morgan fingerprint density at radius 3 is 2.28 bits per heavy atom. The molecule has 1 saturated carbocycles. The van der Waals surface area contributed by atoms with E-state index in [0.29, 0.717) is 39.7 Å². The van der Waals surface area contributed by atoms with Crippen LogP contribution in [0.3, 0.4) is 0 Å². The number of amides is 1. The van der Waals surface area contributed by atoms with Gasteiger partial charge < -0.3 is 5.32 Å². The van der Waals surface area contributed by atoms with Crippen molar-refractivity contribution in [2.75, 3.05) is 0 Å². The molecule has 0 saturated heterocycles. The highest BCUT2D eigenvalue weighted by Gasteiger charge is 2.27. The molecule has 29 heavy (non-hydrogen) atoms. The lowest BCUT2D eigenvalue weighted by Gasteiger charge is -2.35. The van der Waals surface area contributed by atoms with Crippen LogP contribution >= 0.6 is 12.2 Å². The van der Waals surface area contributed by atoms with Crippen molar-refractivity contribution in [3.63, 3.8) is 0 Å². The normalized spacial score (nSPS) is 21.1. The van der Waals surface area contributed by atoms with Crippen LogP contribution in [0.15, 0.2) is 54.6 Å². The van der Waals surface area contributed by atoms with Gasteiger partial charge in [0.2, 0.25) is 0 Å². The van der Waals surface area contributed by atoms with Gasteiger partial charge >= 0.3 is 0 Å². The number of carbonyl (C=O) groups is 2. The summed E-state index contributed by atoms with van der Waals surface area (Å²) in [6.07, 6.45) is 3.48. The highest BCUT2D eigenvalue weighted by molar-refractivity contribution is 7.80. The van der Waals surface area contributed by atoms with Crippen LogP contribution < -0.4 is 16.2 Å². The summed E-state index contributed by atoms with van der Waals surface area (Å²) in [6.45, 7) is 4.49. The fourth-order valence-corrected chi connectivity index (χ4v) is 4.00. The molecule has 0 spiro atoms. The van der Waals surface area contributed by atoms with Crippen LogP contribution in [-0.4, -0.2) is 22.8 Å². The van der Waals surface area contributed by atoms with Crippen LogP contribution in [-0.2, 0) is 0 Å². The Morgan fingerprint density at radius 1 is 0.897 bits per heavy atom. The highest BCUT2D eigenvalue weighted by atomic mass is 32.1. The Kier molecular flexibility index (Phi) is 6.99. The minimum absolute atomic E-state index is 0.193. The Hall–Kier alpha value is -2.73. The quantitative estimate of drug-likeness (QED) is 0.406. The van der Waals surface area contributed by atoms with Crippen LogP contribution in [0.4, 0.5) is 0 Å². The van der Waals surface area contributed by atoms with E-state index >= 15 is 0 Å². The number of thiocarbonyl (C=S) groups is 1. The summed E-state index contributed by atoms with van der Waals surface area (Å²) in [5.74, 6) is 0.569. The first-order valence-electron chi connectivity index (χ1n) is 10.0. The Bertz CT molecular complexity index is 885. The lowest BCUT2D eigenvalue weighted by atomic mass is 9.78. The van der Waals surface area contributed by atoms with E-state index in [1.807, 2.05) is 6.07 Å². The maximum atomic E-state index is 12.8. The molecule has 0 aromatic heterocycles. The SMILES string of the molecule is C[C@@H]1[C@@H](C)CCC[C@H]1NC(=S)NNC(=O)c1ccccc1C(=O)c1ccccc1. The second kappa shape index (κ2) is 9.65. The molecule has 0 bridgehead atoms. The third-order valence-electron chi connectivity index (χ3n) is 5.77. The van der Waals surface area contributed by atoms with Gasteiger partial charge in [0.1, 0.15) is 0 Å². The summed E-state index contributed by atoms with van der Waals surface area (Å²) in [5.41, 5.74) is 6.59. The number of ketones is 1. The molecule has 3 N–H and O–H groups in total. The number of hydrogen-bond acceptors (Lipinski definition) is 3. The monoisotopic (exact) mass is 409 g/mol. The van der Waals surface area contributed by atoms with Crippen molar-refractivity contribution in [1.29, 1.82) is 0 Å². The van der Waals surface area contributed by atoms with Gasteiger partial charge in [-0.25, -0.2) is 0 Å². The molecule has 5 nitrogen and oxygen atoms in total.